The zero-order valence-corrected chi connectivity index (χ0v) is 15.3. The molecule has 1 aromatic rings. The van der Waals surface area contributed by atoms with Gasteiger partial charge in [0.25, 0.3) is 0 Å². The van der Waals surface area contributed by atoms with Gasteiger partial charge in [-0.1, -0.05) is 0 Å². The molecule has 26 heavy (non-hydrogen) atoms. The number of cyclic esters (lactones) is 1. The first-order valence-electron chi connectivity index (χ1n) is 8.73. The van der Waals surface area contributed by atoms with Crippen molar-refractivity contribution in [3.8, 4) is 5.75 Å². The highest BCUT2D eigenvalue weighted by molar-refractivity contribution is 7.80. The highest BCUT2D eigenvalue weighted by Gasteiger charge is 2.37. The van der Waals surface area contributed by atoms with Crippen molar-refractivity contribution in [2.24, 2.45) is 0 Å². The standard InChI is InChI=1S/C17H21FN4O3S/c1-19-16(26)20-7-12-8-22(17(23)25-12)11-5-13(18)15-14(6-11)24-9-10-3-2-4-21(10)15/h5-6,10,12H,2-4,7-9H2,1H3,(H2,19,20,26)/t10-,12-/m0/s1. The number of fused-ring (bicyclic) bond motifs is 3. The van der Waals surface area contributed by atoms with E-state index in [1.165, 1.54) is 11.0 Å². The predicted octanol–water partition coefficient (Wildman–Crippen LogP) is 1.61. The fourth-order valence-corrected chi connectivity index (χ4v) is 3.81. The Bertz CT molecular complexity index is 747. The molecule has 4 rings (SSSR count). The second-order valence-electron chi connectivity index (χ2n) is 6.65. The lowest BCUT2D eigenvalue weighted by Gasteiger charge is -2.34. The second-order valence-corrected chi connectivity index (χ2v) is 7.06. The Morgan fingerprint density at radius 1 is 1.46 bits per heavy atom. The van der Waals surface area contributed by atoms with Crippen molar-refractivity contribution in [3.05, 3.63) is 17.9 Å². The molecule has 0 aliphatic carbocycles. The van der Waals surface area contributed by atoms with E-state index in [-0.39, 0.29) is 18.0 Å². The minimum Gasteiger partial charge on any atom is -0.489 e. The number of amides is 1. The molecule has 7 nitrogen and oxygen atoms in total. The lowest BCUT2D eigenvalue weighted by molar-refractivity contribution is 0.143. The molecule has 0 spiro atoms. The van der Waals surface area contributed by atoms with E-state index in [2.05, 4.69) is 15.5 Å². The number of hydrogen-bond acceptors (Lipinski definition) is 5. The molecule has 0 unspecified atom stereocenters. The Morgan fingerprint density at radius 2 is 2.31 bits per heavy atom. The maximum absolute atomic E-state index is 14.8. The molecule has 0 saturated carbocycles. The van der Waals surface area contributed by atoms with Gasteiger partial charge in [0.1, 0.15) is 24.1 Å². The molecule has 9 heteroatoms. The summed E-state index contributed by atoms with van der Waals surface area (Å²) < 4.78 is 25.9. The largest absolute Gasteiger partial charge is 0.489 e. The molecule has 1 aromatic carbocycles. The predicted molar refractivity (Wildman–Crippen MR) is 99.5 cm³/mol. The number of nitrogens with one attached hydrogen (secondary N) is 2. The number of benzene rings is 1. The van der Waals surface area contributed by atoms with Gasteiger partial charge in [0.15, 0.2) is 10.9 Å². The molecule has 0 bridgehead atoms. The average molecular weight is 380 g/mol. The molecule has 3 aliphatic rings. The summed E-state index contributed by atoms with van der Waals surface area (Å²) in [4.78, 5) is 15.7. The van der Waals surface area contributed by atoms with Crippen molar-refractivity contribution in [2.45, 2.75) is 25.0 Å². The van der Waals surface area contributed by atoms with Crippen molar-refractivity contribution in [3.63, 3.8) is 0 Å². The molecule has 3 heterocycles. The Hall–Kier alpha value is -2.29. The lowest BCUT2D eigenvalue weighted by atomic mass is 10.1. The third-order valence-corrected chi connectivity index (χ3v) is 5.36. The monoisotopic (exact) mass is 380 g/mol. The van der Waals surface area contributed by atoms with E-state index in [1.807, 2.05) is 0 Å². The molecular weight excluding hydrogens is 359 g/mol. The summed E-state index contributed by atoms with van der Waals surface area (Å²) in [5.41, 5.74) is 0.954. The maximum atomic E-state index is 14.8. The number of halogens is 1. The van der Waals surface area contributed by atoms with Crippen molar-refractivity contribution >= 4 is 34.8 Å². The van der Waals surface area contributed by atoms with Crippen LogP contribution in [0.15, 0.2) is 12.1 Å². The van der Waals surface area contributed by atoms with Gasteiger partial charge in [-0.3, -0.25) is 4.90 Å². The second kappa shape index (κ2) is 6.79. The summed E-state index contributed by atoms with van der Waals surface area (Å²) in [7, 11) is 1.71. The molecule has 2 saturated heterocycles. The molecular formula is C17H21FN4O3S. The van der Waals surface area contributed by atoms with E-state index in [0.717, 1.165) is 19.4 Å². The number of thiocarbonyl (C=S) groups is 1. The summed E-state index contributed by atoms with van der Waals surface area (Å²) >= 11 is 5.02. The fourth-order valence-electron chi connectivity index (χ4n) is 3.73. The van der Waals surface area contributed by atoms with Crippen LogP contribution in [0, 0.1) is 5.82 Å². The van der Waals surface area contributed by atoms with Gasteiger partial charge in [0.05, 0.1) is 24.8 Å². The van der Waals surface area contributed by atoms with Gasteiger partial charge in [0.2, 0.25) is 0 Å². The van der Waals surface area contributed by atoms with E-state index in [1.54, 1.807) is 13.1 Å². The van der Waals surface area contributed by atoms with E-state index < -0.39 is 6.09 Å². The molecule has 1 amide bonds. The van der Waals surface area contributed by atoms with Crippen LogP contribution in [0.4, 0.5) is 20.6 Å². The molecule has 2 atom stereocenters. The Kier molecular flexibility index (Phi) is 4.47. The number of hydrogen-bond donors (Lipinski definition) is 2. The van der Waals surface area contributed by atoms with Gasteiger partial charge in [-0.05, 0) is 25.1 Å². The minimum atomic E-state index is -0.499. The van der Waals surface area contributed by atoms with Crippen molar-refractivity contribution in [1.82, 2.24) is 10.6 Å². The number of carbonyl (C=O) groups is 1. The van der Waals surface area contributed by atoms with Crippen LogP contribution in [-0.2, 0) is 4.74 Å². The smallest absolute Gasteiger partial charge is 0.414 e. The molecule has 2 N–H and O–H groups in total. The average Bonchev–Trinajstić information content (AvgIpc) is 3.25. The number of carbonyl (C=O) groups excluding carboxylic acids is 1. The lowest BCUT2D eigenvalue weighted by Crippen LogP contribution is -2.39. The summed E-state index contributed by atoms with van der Waals surface area (Å²) in [6.45, 7) is 2.10. The van der Waals surface area contributed by atoms with Crippen LogP contribution in [0.5, 0.6) is 5.75 Å². The van der Waals surface area contributed by atoms with E-state index in [0.29, 0.717) is 41.9 Å². The zero-order chi connectivity index (χ0) is 18.3. The summed E-state index contributed by atoms with van der Waals surface area (Å²) in [5.74, 6) is 0.124. The van der Waals surface area contributed by atoms with Crippen LogP contribution in [0.2, 0.25) is 0 Å². The number of ether oxygens (including phenoxy) is 2. The topological polar surface area (TPSA) is 66.1 Å². The minimum absolute atomic E-state index is 0.242. The zero-order valence-electron chi connectivity index (χ0n) is 14.5. The first-order chi connectivity index (χ1) is 12.6. The molecule has 3 aliphatic heterocycles. The molecule has 2 fully saturated rings. The van der Waals surface area contributed by atoms with E-state index in [4.69, 9.17) is 21.7 Å². The third-order valence-electron chi connectivity index (χ3n) is 5.01. The van der Waals surface area contributed by atoms with Gasteiger partial charge in [-0.15, -0.1) is 0 Å². The van der Waals surface area contributed by atoms with Gasteiger partial charge in [-0.25, -0.2) is 9.18 Å². The van der Waals surface area contributed by atoms with E-state index >= 15 is 0 Å². The van der Waals surface area contributed by atoms with Crippen molar-refractivity contribution in [2.75, 3.05) is 43.1 Å². The molecule has 0 radical (unpaired) electrons. The first-order valence-corrected chi connectivity index (χ1v) is 9.14. The summed E-state index contributed by atoms with van der Waals surface area (Å²) in [5, 5.41) is 6.24. The quantitative estimate of drug-likeness (QED) is 0.773. The van der Waals surface area contributed by atoms with Crippen LogP contribution >= 0.6 is 12.2 Å². The normalized spacial score (nSPS) is 23.8. The fraction of sp³-hybridized carbons (Fsp3) is 0.529. The van der Waals surface area contributed by atoms with Crippen LogP contribution in [0.3, 0.4) is 0 Å². The number of rotatable bonds is 3. The Labute approximate surface area is 156 Å². The highest BCUT2D eigenvalue weighted by Crippen LogP contribution is 2.42. The Morgan fingerprint density at radius 3 is 3.12 bits per heavy atom. The summed E-state index contributed by atoms with van der Waals surface area (Å²) in [6, 6.07) is 3.35. The van der Waals surface area contributed by atoms with Crippen LogP contribution in [0.25, 0.3) is 0 Å². The van der Waals surface area contributed by atoms with Crippen LogP contribution < -0.4 is 25.2 Å². The highest BCUT2D eigenvalue weighted by atomic mass is 32.1. The van der Waals surface area contributed by atoms with Gasteiger partial charge in [-0.2, -0.15) is 0 Å². The SMILES string of the molecule is CNC(=S)NC[C@H]1CN(c2cc(F)c3c(c2)OC[C@@H]2CCCN32)C(=O)O1. The van der Waals surface area contributed by atoms with Crippen molar-refractivity contribution in [1.29, 1.82) is 0 Å². The first kappa shape index (κ1) is 17.1. The molecule has 140 valence electrons. The van der Waals surface area contributed by atoms with Gasteiger partial charge < -0.3 is 25.0 Å². The van der Waals surface area contributed by atoms with Gasteiger partial charge >= 0.3 is 6.09 Å². The third kappa shape index (κ3) is 3.00. The summed E-state index contributed by atoms with van der Waals surface area (Å²) in [6.07, 6.45) is 1.19. The number of anilines is 2. The Balaban J connectivity index is 1.52. The van der Waals surface area contributed by atoms with Crippen molar-refractivity contribution < 1.29 is 18.7 Å². The number of nitrogens with zero attached hydrogens (tertiary/aromatic N) is 2. The van der Waals surface area contributed by atoms with E-state index in [9.17, 15) is 9.18 Å². The van der Waals surface area contributed by atoms with Gasteiger partial charge in [0, 0.05) is 25.7 Å². The molecule has 0 aromatic heterocycles. The van der Waals surface area contributed by atoms with Crippen LogP contribution in [0.1, 0.15) is 12.8 Å². The van der Waals surface area contributed by atoms with Crippen LogP contribution in [-0.4, -0.2) is 56.6 Å². The maximum Gasteiger partial charge on any atom is 0.414 e.